The maximum absolute atomic E-state index is 13.0. The SMILES string of the molecule is CN(CCCc1cc(-c2ccccc2)no1)C(=O)CCNC(=O)C12CC3CC(CC(C3)C1)C2. The molecule has 1 aromatic carbocycles. The van der Waals surface area contributed by atoms with Crippen molar-refractivity contribution in [3.63, 3.8) is 0 Å². The molecular weight excluding hydrogens is 414 g/mol. The van der Waals surface area contributed by atoms with E-state index in [4.69, 9.17) is 4.52 Å². The van der Waals surface area contributed by atoms with E-state index < -0.39 is 0 Å². The lowest BCUT2D eigenvalue weighted by Crippen LogP contribution is -2.53. The zero-order valence-electron chi connectivity index (χ0n) is 19.6. The maximum Gasteiger partial charge on any atom is 0.226 e. The average Bonchev–Trinajstić information content (AvgIpc) is 3.27. The number of amides is 2. The normalized spacial score (nSPS) is 27.5. The van der Waals surface area contributed by atoms with E-state index in [1.54, 1.807) is 4.90 Å². The molecule has 4 aliphatic rings. The van der Waals surface area contributed by atoms with Crippen LogP contribution >= 0.6 is 0 Å². The molecule has 4 fully saturated rings. The Hall–Kier alpha value is -2.63. The lowest BCUT2D eigenvalue weighted by molar-refractivity contribution is -0.146. The Labute approximate surface area is 196 Å². The van der Waals surface area contributed by atoms with Gasteiger partial charge in [0.25, 0.3) is 0 Å². The van der Waals surface area contributed by atoms with Gasteiger partial charge in [0.1, 0.15) is 11.5 Å². The van der Waals surface area contributed by atoms with Crippen LogP contribution in [0.15, 0.2) is 40.9 Å². The highest BCUT2D eigenvalue weighted by molar-refractivity contribution is 5.84. The van der Waals surface area contributed by atoms with Crippen molar-refractivity contribution in [3.8, 4) is 11.3 Å². The van der Waals surface area contributed by atoms with Crippen LogP contribution in [-0.2, 0) is 16.0 Å². The first-order chi connectivity index (χ1) is 16.0. The van der Waals surface area contributed by atoms with Gasteiger partial charge in [0.15, 0.2) is 0 Å². The van der Waals surface area contributed by atoms with E-state index >= 15 is 0 Å². The highest BCUT2D eigenvalue weighted by Crippen LogP contribution is 2.60. The molecule has 4 bridgehead atoms. The van der Waals surface area contributed by atoms with Crippen LogP contribution in [0.2, 0.25) is 0 Å². The molecule has 0 radical (unpaired) electrons. The Balaban J connectivity index is 1.02. The van der Waals surface area contributed by atoms with Crippen LogP contribution in [0, 0.1) is 23.2 Å². The number of nitrogens with zero attached hydrogens (tertiary/aromatic N) is 2. The molecule has 6 heteroatoms. The molecule has 1 N–H and O–H groups in total. The standard InChI is InChI=1S/C27H35N3O3/c1-30(11-5-8-23-15-24(29-33-23)22-6-3-2-4-7-22)25(31)9-10-28-26(32)27-16-19-12-20(17-27)14-21(13-19)18-27/h2-4,6-7,15,19-21H,5,8-14,16-18H2,1H3,(H,28,32). The number of aryl methyl sites for hydroxylation is 1. The summed E-state index contributed by atoms with van der Waals surface area (Å²) in [7, 11) is 1.83. The second-order valence-electron chi connectivity index (χ2n) is 10.7. The van der Waals surface area contributed by atoms with Crippen molar-refractivity contribution in [1.82, 2.24) is 15.4 Å². The van der Waals surface area contributed by atoms with Crippen molar-refractivity contribution < 1.29 is 14.1 Å². The fourth-order valence-electron chi connectivity index (χ4n) is 6.84. The predicted molar refractivity (Wildman–Crippen MR) is 126 cm³/mol. The van der Waals surface area contributed by atoms with Crippen LogP contribution in [0.25, 0.3) is 11.3 Å². The van der Waals surface area contributed by atoms with Gasteiger partial charge in [-0.3, -0.25) is 9.59 Å². The highest BCUT2D eigenvalue weighted by atomic mass is 16.5. The summed E-state index contributed by atoms with van der Waals surface area (Å²) < 4.78 is 5.45. The third-order valence-corrected chi connectivity index (χ3v) is 8.12. The van der Waals surface area contributed by atoms with Gasteiger partial charge in [0.2, 0.25) is 11.8 Å². The molecule has 2 amide bonds. The Bertz CT molecular complexity index is 948. The second kappa shape index (κ2) is 9.32. The van der Waals surface area contributed by atoms with Crippen LogP contribution in [0.5, 0.6) is 0 Å². The van der Waals surface area contributed by atoms with Crippen LogP contribution in [0.3, 0.4) is 0 Å². The minimum Gasteiger partial charge on any atom is -0.361 e. The lowest BCUT2D eigenvalue weighted by atomic mass is 9.49. The lowest BCUT2D eigenvalue weighted by Gasteiger charge is -2.55. The number of hydrogen-bond donors (Lipinski definition) is 1. The summed E-state index contributed by atoms with van der Waals surface area (Å²) in [4.78, 5) is 27.3. The summed E-state index contributed by atoms with van der Waals surface area (Å²) in [6.45, 7) is 1.09. The molecule has 4 saturated carbocycles. The van der Waals surface area contributed by atoms with Gasteiger partial charge in [-0.1, -0.05) is 35.5 Å². The Morgan fingerprint density at radius 2 is 1.76 bits per heavy atom. The van der Waals surface area contributed by atoms with Crippen molar-refractivity contribution in [1.29, 1.82) is 0 Å². The van der Waals surface area contributed by atoms with E-state index in [1.807, 2.05) is 43.4 Å². The average molecular weight is 450 g/mol. The van der Waals surface area contributed by atoms with Gasteiger partial charge < -0.3 is 14.7 Å². The first-order valence-electron chi connectivity index (χ1n) is 12.5. The van der Waals surface area contributed by atoms with E-state index in [0.717, 1.165) is 66.9 Å². The van der Waals surface area contributed by atoms with E-state index in [1.165, 1.54) is 19.3 Å². The second-order valence-corrected chi connectivity index (χ2v) is 10.7. The van der Waals surface area contributed by atoms with Crippen molar-refractivity contribution in [2.45, 2.75) is 57.8 Å². The molecule has 0 saturated heterocycles. The van der Waals surface area contributed by atoms with Crippen LogP contribution in [-0.4, -0.2) is 42.0 Å². The molecule has 0 aliphatic heterocycles. The van der Waals surface area contributed by atoms with Gasteiger partial charge in [-0.15, -0.1) is 0 Å². The molecule has 1 aromatic heterocycles. The topological polar surface area (TPSA) is 75.4 Å². The van der Waals surface area contributed by atoms with Gasteiger partial charge in [0, 0.05) is 50.0 Å². The van der Waals surface area contributed by atoms with E-state index in [-0.39, 0.29) is 17.2 Å². The molecule has 0 spiro atoms. The van der Waals surface area contributed by atoms with Gasteiger partial charge in [-0.2, -0.15) is 0 Å². The van der Waals surface area contributed by atoms with E-state index in [0.29, 0.717) is 19.5 Å². The van der Waals surface area contributed by atoms with Gasteiger partial charge in [0.05, 0.1) is 0 Å². The molecular formula is C27H35N3O3. The minimum atomic E-state index is -0.140. The van der Waals surface area contributed by atoms with E-state index in [9.17, 15) is 9.59 Å². The number of benzene rings is 1. The van der Waals surface area contributed by atoms with Gasteiger partial charge in [-0.25, -0.2) is 0 Å². The number of hydrogen-bond acceptors (Lipinski definition) is 4. The van der Waals surface area contributed by atoms with Gasteiger partial charge in [-0.05, 0) is 62.7 Å². The molecule has 2 aromatic rings. The molecule has 6 nitrogen and oxygen atoms in total. The summed E-state index contributed by atoms with van der Waals surface area (Å²) in [5.41, 5.74) is 1.74. The Kier molecular flexibility index (Phi) is 6.26. The fourth-order valence-corrected chi connectivity index (χ4v) is 6.84. The molecule has 0 unspecified atom stereocenters. The summed E-state index contributed by atoms with van der Waals surface area (Å²) >= 11 is 0. The fraction of sp³-hybridized carbons (Fsp3) is 0.593. The van der Waals surface area contributed by atoms with Crippen molar-refractivity contribution in [2.75, 3.05) is 20.1 Å². The quantitative estimate of drug-likeness (QED) is 0.613. The van der Waals surface area contributed by atoms with Crippen molar-refractivity contribution in [2.24, 2.45) is 23.2 Å². The number of carbonyl (C=O) groups excluding carboxylic acids is 2. The monoisotopic (exact) mass is 449 g/mol. The Morgan fingerprint density at radius 1 is 1.09 bits per heavy atom. The van der Waals surface area contributed by atoms with Gasteiger partial charge >= 0.3 is 0 Å². The Morgan fingerprint density at radius 3 is 2.42 bits per heavy atom. The maximum atomic E-state index is 13.0. The van der Waals surface area contributed by atoms with Crippen LogP contribution in [0.4, 0.5) is 0 Å². The van der Waals surface area contributed by atoms with Crippen molar-refractivity contribution >= 4 is 11.8 Å². The molecule has 1 heterocycles. The zero-order valence-corrected chi connectivity index (χ0v) is 19.6. The van der Waals surface area contributed by atoms with Crippen molar-refractivity contribution in [3.05, 3.63) is 42.2 Å². The molecule has 6 rings (SSSR count). The predicted octanol–water partition coefficient (Wildman–Crippen LogP) is 4.46. The smallest absolute Gasteiger partial charge is 0.226 e. The van der Waals surface area contributed by atoms with Crippen LogP contribution in [0.1, 0.15) is 57.1 Å². The highest BCUT2D eigenvalue weighted by Gasteiger charge is 2.54. The molecule has 4 aliphatic carbocycles. The van der Waals surface area contributed by atoms with Crippen LogP contribution < -0.4 is 5.32 Å². The summed E-state index contributed by atoms with van der Waals surface area (Å²) in [5.74, 6) is 3.37. The number of rotatable bonds is 9. The largest absolute Gasteiger partial charge is 0.361 e. The minimum absolute atomic E-state index is 0.0726. The molecule has 176 valence electrons. The number of carbonyl (C=O) groups is 2. The molecule has 0 atom stereocenters. The third kappa shape index (κ3) is 4.85. The first kappa shape index (κ1) is 22.2. The number of aromatic nitrogens is 1. The summed E-state index contributed by atoms with van der Waals surface area (Å²) in [5, 5.41) is 7.26. The zero-order chi connectivity index (χ0) is 22.8. The number of nitrogens with one attached hydrogen (secondary N) is 1. The third-order valence-electron chi connectivity index (χ3n) is 8.12. The first-order valence-corrected chi connectivity index (χ1v) is 12.5. The van der Waals surface area contributed by atoms with E-state index in [2.05, 4.69) is 10.5 Å². The summed E-state index contributed by atoms with van der Waals surface area (Å²) in [6, 6.07) is 11.9. The molecule has 33 heavy (non-hydrogen) atoms. The summed E-state index contributed by atoms with van der Waals surface area (Å²) in [6.07, 6.45) is 9.08.